The number of hydrogen-bond acceptors (Lipinski definition) is 9. The van der Waals surface area contributed by atoms with Gasteiger partial charge in [0.1, 0.15) is 37.2 Å². The number of aryl methyl sites for hydroxylation is 1. The van der Waals surface area contributed by atoms with E-state index in [1.807, 2.05) is 61.5 Å². The van der Waals surface area contributed by atoms with Crippen LogP contribution in [0.1, 0.15) is 11.3 Å². The van der Waals surface area contributed by atoms with E-state index in [4.69, 9.17) is 9.47 Å². The zero-order chi connectivity index (χ0) is 23.3. The Kier molecular flexibility index (Phi) is 6.17. The van der Waals surface area contributed by atoms with Gasteiger partial charge < -0.3 is 25.2 Å². The Morgan fingerprint density at radius 3 is 2.71 bits per heavy atom. The molecule has 0 bridgehead atoms. The first-order chi connectivity index (χ1) is 16.7. The molecule has 2 aromatic carbocycles. The van der Waals surface area contributed by atoms with Crippen LogP contribution in [-0.2, 0) is 11.3 Å². The summed E-state index contributed by atoms with van der Waals surface area (Å²) >= 11 is 0. The standard InChI is InChI=1S/C25H24N6O3/c1-16-10-17(6-8-23(16)33-13-19-4-2-3-9-26-19)29-24-21-11-18(5-7-22(21)27-15-28-24)30-25-31-20(12-32)14-34-25/h2-11,15,20,32H,12-14H2,1H3,(H,30,31)(H,27,28,29). The van der Waals surface area contributed by atoms with Gasteiger partial charge in [0, 0.05) is 23.0 Å². The smallest absolute Gasteiger partial charge is 0.289 e. The minimum absolute atomic E-state index is 0.0444. The summed E-state index contributed by atoms with van der Waals surface area (Å²) in [6.07, 6.45) is 3.29. The van der Waals surface area contributed by atoms with E-state index < -0.39 is 0 Å². The lowest BCUT2D eigenvalue weighted by Crippen LogP contribution is -2.12. The van der Waals surface area contributed by atoms with Crippen LogP contribution < -0.4 is 15.4 Å². The number of aromatic nitrogens is 3. The first kappa shape index (κ1) is 21.6. The highest BCUT2D eigenvalue weighted by Gasteiger charge is 2.18. The van der Waals surface area contributed by atoms with Gasteiger partial charge in [0.15, 0.2) is 0 Å². The Morgan fingerprint density at radius 2 is 1.91 bits per heavy atom. The van der Waals surface area contributed by atoms with Crippen molar-refractivity contribution in [2.24, 2.45) is 4.99 Å². The van der Waals surface area contributed by atoms with Crippen LogP contribution >= 0.6 is 0 Å². The van der Waals surface area contributed by atoms with Crippen LogP contribution in [0, 0.1) is 6.92 Å². The number of aliphatic hydroxyl groups is 1. The molecule has 0 spiro atoms. The first-order valence-electron chi connectivity index (χ1n) is 10.9. The van der Waals surface area contributed by atoms with Crippen molar-refractivity contribution < 1.29 is 14.6 Å². The third kappa shape index (κ3) is 4.89. The molecule has 0 radical (unpaired) electrons. The van der Waals surface area contributed by atoms with Crippen molar-refractivity contribution in [3.8, 4) is 5.75 Å². The monoisotopic (exact) mass is 456 g/mol. The molecule has 3 N–H and O–H groups in total. The molecule has 9 heteroatoms. The topological polar surface area (TPSA) is 114 Å². The Labute approximate surface area is 196 Å². The van der Waals surface area contributed by atoms with Gasteiger partial charge in [-0.25, -0.2) is 15.0 Å². The minimum atomic E-state index is -0.234. The Bertz CT molecular complexity index is 1330. The van der Waals surface area contributed by atoms with Crippen LogP contribution in [-0.4, -0.2) is 45.3 Å². The molecule has 9 nitrogen and oxygen atoms in total. The van der Waals surface area contributed by atoms with Crippen molar-refractivity contribution in [1.29, 1.82) is 0 Å². The third-order valence-corrected chi connectivity index (χ3v) is 5.35. The van der Waals surface area contributed by atoms with Crippen LogP contribution in [0.4, 0.5) is 17.2 Å². The first-order valence-corrected chi connectivity index (χ1v) is 10.9. The summed E-state index contributed by atoms with van der Waals surface area (Å²) in [4.78, 5) is 17.4. The molecule has 1 aliphatic heterocycles. The Hall–Kier alpha value is -4.24. The van der Waals surface area contributed by atoms with Gasteiger partial charge in [0.05, 0.1) is 17.8 Å². The molecule has 0 amide bonds. The third-order valence-electron chi connectivity index (χ3n) is 5.35. The Balaban J connectivity index is 1.33. The van der Waals surface area contributed by atoms with Crippen molar-refractivity contribution >= 4 is 34.1 Å². The molecule has 0 saturated carbocycles. The summed E-state index contributed by atoms with van der Waals surface area (Å²) < 4.78 is 11.4. The van der Waals surface area contributed by atoms with Gasteiger partial charge >= 0.3 is 0 Å². The van der Waals surface area contributed by atoms with Crippen LogP contribution in [0.5, 0.6) is 5.75 Å². The number of pyridine rings is 1. The van der Waals surface area contributed by atoms with Crippen molar-refractivity contribution in [3.05, 3.63) is 78.4 Å². The fourth-order valence-corrected chi connectivity index (χ4v) is 3.60. The number of benzene rings is 2. The molecular weight excluding hydrogens is 432 g/mol. The average molecular weight is 457 g/mol. The second-order valence-electron chi connectivity index (χ2n) is 7.88. The lowest BCUT2D eigenvalue weighted by Gasteiger charge is -2.13. The highest BCUT2D eigenvalue weighted by molar-refractivity contribution is 5.97. The van der Waals surface area contributed by atoms with Gasteiger partial charge in [-0.1, -0.05) is 6.07 Å². The summed E-state index contributed by atoms with van der Waals surface area (Å²) in [7, 11) is 0. The lowest BCUT2D eigenvalue weighted by atomic mass is 10.1. The molecule has 172 valence electrons. The van der Waals surface area contributed by atoms with Gasteiger partial charge in [-0.05, 0) is 61.0 Å². The van der Waals surface area contributed by atoms with Crippen LogP contribution in [0.3, 0.4) is 0 Å². The highest BCUT2D eigenvalue weighted by atomic mass is 16.5. The van der Waals surface area contributed by atoms with E-state index in [9.17, 15) is 5.11 Å². The van der Waals surface area contributed by atoms with Crippen LogP contribution in [0.25, 0.3) is 10.9 Å². The minimum Gasteiger partial charge on any atom is -0.487 e. The summed E-state index contributed by atoms with van der Waals surface area (Å²) in [5, 5.41) is 16.6. The van der Waals surface area contributed by atoms with E-state index in [0.29, 0.717) is 25.1 Å². The number of anilines is 3. The van der Waals surface area contributed by atoms with Crippen molar-refractivity contribution in [1.82, 2.24) is 15.0 Å². The maximum absolute atomic E-state index is 9.24. The molecule has 5 rings (SSSR count). The summed E-state index contributed by atoms with van der Waals surface area (Å²) in [5.74, 6) is 1.48. The number of rotatable bonds is 7. The molecule has 4 aromatic rings. The molecule has 3 heterocycles. The van der Waals surface area contributed by atoms with E-state index in [-0.39, 0.29) is 12.6 Å². The molecule has 1 aliphatic rings. The van der Waals surface area contributed by atoms with E-state index in [2.05, 4.69) is 30.6 Å². The SMILES string of the molecule is Cc1cc(Nc2ncnc3ccc(NC4=NC(CO)CO4)cc23)ccc1OCc1ccccn1. The van der Waals surface area contributed by atoms with Gasteiger partial charge in [-0.15, -0.1) is 0 Å². The number of nitrogens with one attached hydrogen (secondary N) is 2. The van der Waals surface area contributed by atoms with Gasteiger partial charge in [0.25, 0.3) is 6.02 Å². The number of aliphatic hydroxyl groups excluding tert-OH is 1. The maximum Gasteiger partial charge on any atom is 0.289 e. The molecule has 0 fully saturated rings. The van der Waals surface area contributed by atoms with Gasteiger partial charge in [-0.2, -0.15) is 0 Å². The largest absolute Gasteiger partial charge is 0.487 e. The molecule has 1 atom stereocenters. The second-order valence-corrected chi connectivity index (χ2v) is 7.88. The predicted octanol–water partition coefficient (Wildman–Crippen LogP) is 3.81. The number of aliphatic imine (C=N–C) groups is 1. The zero-order valence-corrected chi connectivity index (χ0v) is 18.6. The van der Waals surface area contributed by atoms with Gasteiger partial charge in [0.2, 0.25) is 0 Å². The normalized spacial score (nSPS) is 15.0. The highest BCUT2D eigenvalue weighted by Crippen LogP contribution is 2.29. The molecule has 34 heavy (non-hydrogen) atoms. The summed E-state index contributed by atoms with van der Waals surface area (Å²) in [6, 6.07) is 17.6. The van der Waals surface area contributed by atoms with Crippen LogP contribution in [0.15, 0.2) is 72.1 Å². The second kappa shape index (κ2) is 9.72. The van der Waals surface area contributed by atoms with Crippen molar-refractivity contribution in [2.75, 3.05) is 23.8 Å². The number of fused-ring (bicyclic) bond motifs is 1. The quantitative estimate of drug-likeness (QED) is 0.385. The predicted molar refractivity (Wildman–Crippen MR) is 130 cm³/mol. The molecule has 1 unspecified atom stereocenters. The number of ether oxygens (including phenoxy) is 2. The summed E-state index contributed by atoms with van der Waals surface area (Å²) in [5.41, 5.74) is 4.35. The van der Waals surface area contributed by atoms with E-state index in [1.165, 1.54) is 6.33 Å². The summed E-state index contributed by atoms with van der Waals surface area (Å²) in [6.45, 7) is 2.73. The maximum atomic E-state index is 9.24. The molecular formula is C25H24N6O3. The van der Waals surface area contributed by atoms with Gasteiger partial charge in [-0.3, -0.25) is 4.98 Å². The van der Waals surface area contributed by atoms with Crippen LogP contribution in [0.2, 0.25) is 0 Å². The lowest BCUT2D eigenvalue weighted by molar-refractivity contribution is 0.227. The number of nitrogens with zero attached hydrogens (tertiary/aromatic N) is 4. The Morgan fingerprint density at radius 1 is 1.03 bits per heavy atom. The fraction of sp³-hybridized carbons (Fsp3) is 0.200. The molecule has 0 aliphatic carbocycles. The molecule has 2 aromatic heterocycles. The van der Waals surface area contributed by atoms with Crippen molar-refractivity contribution in [2.45, 2.75) is 19.6 Å². The van der Waals surface area contributed by atoms with E-state index in [1.54, 1.807) is 6.20 Å². The number of hydrogen-bond donors (Lipinski definition) is 3. The molecule has 0 saturated heterocycles. The number of amidine groups is 1. The average Bonchev–Trinajstić information content (AvgIpc) is 3.32. The van der Waals surface area contributed by atoms with Crippen molar-refractivity contribution in [3.63, 3.8) is 0 Å². The zero-order valence-electron chi connectivity index (χ0n) is 18.6. The van der Waals surface area contributed by atoms with E-state index in [0.717, 1.165) is 39.3 Å². The van der Waals surface area contributed by atoms with E-state index >= 15 is 0 Å². The fourth-order valence-electron chi connectivity index (χ4n) is 3.60.